The molecule has 5 nitrogen and oxygen atoms in total. The van der Waals surface area contributed by atoms with Gasteiger partial charge >= 0.3 is 12.0 Å². The Bertz CT molecular complexity index is 674. The Morgan fingerprint density at radius 2 is 1.60 bits per heavy atom. The fraction of sp³-hybridized carbons (Fsp3) is 0.588. The molecular formula is C17H22Cl3NO4. The molecule has 8 heteroatoms. The summed E-state index contributed by atoms with van der Waals surface area (Å²) in [6.07, 6.45) is -0.831. The van der Waals surface area contributed by atoms with Gasteiger partial charge in [-0.25, -0.2) is 10.1 Å². The van der Waals surface area contributed by atoms with Crippen LogP contribution in [0.1, 0.15) is 47.1 Å². The largest absolute Gasteiger partial charge is 0.444 e. The van der Waals surface area contributed by atoms with Gasteiger partial charge in [-0.05, 0) is 43.9 Å². The van der Waals surface area contributed by atoms with E-state index in [4.69, 9.17) is 49.0 Å². The summed E-state index contributed by atoms with van der Waals surface area (Å²) in [6.45, 7) is 11.3. The van der Waals surface area contributed by atoms with Gasteiger partial charge in [-0.2, -0.15) is 0 Å². The highest BCUT2D eigenvalue weighted by Gasteiger charge is 2.60. The number of carbonyl (C=O) groups is 1. The minimum atomic E-state index is -2.11. The molecule has 0 spiro atoms. The Balaban J connectivity index is 2.33. The van der Waals surface area contributed by atoms with Crippen molar-refractivity contribution in [3.63, 3.8) is 0 Å². The zero-order valence-corrected chi connectivity index (χ0v) is 17.3. The highest BCUT2D eigenvalue weighted by atomic mass is 35.6. The van der Waals surface area contributed by atoms with Crippen molar-refractivity contribution < 1.29 is 19.0 Å². The maximum absolute atomic E-state index is 12.2. The van der Waals surface area contributed by atoms with E-state index < -0.39 is 21.4 Å². The van der Waals surface area contributed by atoms with Gasteiger partial charge in [0, 0.05) is 0 Å². The number of alkyl halides is 3. The standard InChI is InChI=1S/C17H22Cl3NO4/c1-14(2,3)10-7-8-11-12(9-10)24-17(23-11,16(18,19)20)21-13(22)25-15(4,5)6/h7-9H,1-6H3,(H,21,22)/t17-/m0/s1. The van der Waals surface area contributed by atoms with Crippen LogP contribution in [0.25, 0.3) is 0 Å². The number of rotatable bonds is 1. The molecule has 1 amide bonds. The summed E-state index contributed by atoms with van der Waals surface area (Å²) in [6, 6.07) is 5.40. The molecule has 0 aromatic heterocycles. The van der Waals surface area contributed by atoms with E-state index in [2.05, 4.69) is 26.1 Å². The van der Waals surface area contributed by atoms with Crippen molar-refractivity contribution in [3.8, 4) is 11.5 Å². The lowest BCUT2D eigenvalue weighted by atomic mass is 9.87. The number of halogens is 3. The smallest absolute Gasteiger partial charge is 0.413 e. The second-order valence-corrected chi connectivity index (χ2v) is 10.1. The van der Waals surface area contributed by atoms with Gasteiger partial charge in [-0.15, -0.1) is 0 Å². The maximum Gasteiger partial charge on any atom is 0.413 e. The summed E-state index contributed by atoms with van der Waals surface area (Å²) in [5, 5.41) is 2.39. The highest BCUT2D eigenvalue weighted by Crippen LogP contribution is 2.49. The molecule has 1 aromatic carbocycles. The van der Waals surface area contributed by atoms with Crippen LogP contribution in [0.15, 0.2) is 18.2 Å². The van der Waals surface area contributed by atoms with Crippen LogP contribution in [-0.2, 0) is 10.2 Å². The molecule has 1 aromatic rings. The van der Waals surface area contributed by atoms with Crippen molar-refractivity contribution >= 4 is 40.9 Å². The topological polar surface area (TPSA) is 56.8 Å². The van der Waals surface area contributed by atoms with E-state index in [-0.39, 0.29) is 5.41 Å². The van der Waals surface area contributed by atoms with Gasteiger partial charge in [0.25, 0.3) is 3.79 Å². The highest BCUT2D eigenvalue weighted by molar-refractivity contribution is 6.68. The molecule has 25 heavy (non-hydrogen) atoms. The first-order chi connectivity index (χ1) is 11.1. The molecule has 1 atom stereocenters. The number of ether oxygens (including phenoxy) is 3. The molecule has 0 bridgehead atoms. The second kappa shape index (κ2) is 6.29. The lowest BCUT2D eigenvalue weighted by molar-refractivity contribution is -0.103. The average Bonchev–Trinajstić information content (AvgIpc) is 2.72. The number of fused-ring (bicyclic) bond motifs is 1. The third-order valence-electron chi connectivity index (χ3n) is 3.36. The monoisotopic (exact) mass is 409 g/mol. The van der Waals surface area contributed by atoms with Gasteiger partial charge < -0.3 is 14.2 Å². The molecular weight excluding hydrogens is 389 g/mol. The molecule has 140 valence electrons. The van der Waals surface area contributed by atoms with Gasteiger partial charge in [0.1, 0.15) is 5.60 Å². The van der Waals surface area contributed by atoms with E-state index in [1.54, 1.807) is 32.9 Å². The number of hydrogen-bond donors (Lipinski definition) is 1. The van der Waals surface area contributed by atoms with Crippen LogP contribution >= 0.6 is 34.8 Å². The van der Waals surface area contributed by atoms with Crippen molar-refractivity contribution in [2.75, 3.05) is 0 Å². The van der Waals surface area contributed by atoms with Gasteiger partial charge in [-0.1, -0.05) is 61.6 Å². The summed E-state index contributed by atoms with van der Waals surface area (Å²) >= 11 is 18.1. The third-order valence-corrected chi connectivity index (χ3v) is 4.10. The molecule has 0 saturated heterocycles. The number of carbonyl (C=O) groups excluding carboxylic acids is 1. The summed E-state index contributed by atoms with van der Waals surface area (Å²) in [7, 11) is 0. The van der Waals surface area contributed by atoms with Gasteiger partial charge in [0.05, 0.1) is 0 Å². The SMILES string of the molecule is CC(C)(C)OC(=O)N[C@@]1(C(Cl)(Cl)Cl)Oc2ccc(C(C)(C)C)cc2O1. The zero-order valence-electron chi connectivity index (χ0n) is 15.0. The fourth-order valence-electron chi connectivity index (χ4n) is 2.14. The molecule has 1 N–H and O–H groups in total. The van der Waals surface area contributed by atoms with Crippen molar-refractivity contribution in [2.24, 2.45) is 0 Å². The summed E-state index contributed by atoms with van der Waals surface area (Å²) < 4.78 is 14.5. The van der Waals surface area contributed by atoms with Crippen LogP contribution in [-0.4, -0.2) is 21.4 Å². The average molecular weight is 411 g/mol. The number of nitrogens with one attached hydrogen (secondary N) is 1. The Morgan fingerprint density at radius 1 is 1.04 bits per heavy atom. The number of hydrogen-bond acceptors (Lipinski definition) is 4. The minimum absolute atomic E-state index is 0.109. The summed E-state index contributed by atoms with van der Waals surface area (Å²) in [5.74, 6) is -1.30. The normalized spacial score (nSPS) is 20.4. The number of benzene rings is 1. The molecule has 0 saturated carbocycles. The van der Waals surface area contributed by atoms with Crippen molar-refractivity contribution in [1.29, 1.82) is 0 Å². The molecule has 0 radical (unpaired) electrons. The second-order valence-electron chi connectivity index (χ2n) is 7.86. The molecule has 1 heterocycles. The summed E-state index contributed by atoms with van der Waals surface area (Å²) in [5.41, 5.74) is 0.165. The zero-order chi connectivity index (χ0) is 19.3. The van der Waals surface area contributed by atoms with Crippen molar-refractivity contribution in [2.45, 2.75) is 62.3 Å². The van der Waals surface area contributed by atoms with Crippen molar-refractivity contribution in [3.05, 3.63) is 23.8 Å². The Labute approximate surface area is 162 Å². The van der Waals surface area contributed by atoms with Crippen LogP contribution in [0.2, 0.25) is 0 Å². The maximum atomic E-state index is 12.2. The van der Waals surface area contributed by atoms with Gasteiger partial charge in [0.2, 0.25) is 0 Å². The first-order valence-corrected chi connectivity index (χ1v) is 8.87. The van der Waals surface area contributed by atoms with Crippen molar-refractivity contribution in [1.82, 2.24) is 5.32 Å². The molecule has 1 aliphatic rings. The van der Waals surface area contributed by atoms with E-state index in [0.29, 0.717) is 11.5 Å². The molecule has 2 rings (SSSR count). The first-order valence-electron chi connectivity index (χ1n) is 7.73. The molecule has 0 aliphatic carbocycles. The van der Waals surface area contributed by atoms with Crippen LogP contribution in [0.5, 0.6) is 11.5 Å². The third kappa shape index (κ3) is 4.57. The quantitative estimate of drug-likeness (QED) is 0.638. The predicted octanol–water partition coefficient (Wildman–Crippen LogP) is 5.30. The van der Waals surface area contributed by atoms with Gasteiger partial charge in [-0.3, -0.25) is 0 Å². The van der Waals surface area contributed by atoms with E-state index in [1.807, 2.05) is 6.07 Å². The lowest BCUT2D eigenvalue weighted by Crippen LogP contribution is -2.64. The Hall–Kier alpha value is -1.04. The number of amides is 1. The van der Waals surface area contributed by atoms with E-state index >= 15 is 0 Å². The van der Waals surface area contributed by atoms with E-state index in [1.165, 1.54) is 0 Å². The van der Waals surface area contributed by atoms with Gasteiger partial charge in [0.15, 0.2) is 11.5 Å². The van der Waals surface area contributed by atoms with Crippen LogP contribution in [0, 0.1) is 0 Å². The number of alkyl carbamates (subject to hydrolysis) is 1. The Kier molecular flexibility index (Phi) is 5.10. The summed E-state index contributed by atoms with van der Waals surface area (Å²) in [4.78, 5) is 12.2. The first kappa shape index (κ1) is 20.3. The lowest BCUT2D eigenvalue weighted by Gasteiger charge is -2.34. The molecule has 0 fully saturated rings. The van der Waals surface area contributed by atoms with E-state index in [9.17, 15) is 4.79 Å². The Morgan fingerprint density at radius 3 is 2.08 bits per heavy atom. The van der Waals surface area contributed by atoms with Crippen LogP contribution in [0.4, 0.5) is 4.79 Å². The van der Waals surface area contributed by atoms with Crippen LogP contribution in [0.3, 0.4) is 0 Å². The predicted molar refractivity (Wildman–Crippen MR) is 98.8 cm³/mol. The minimum Gasteiger partial charge on any atom is -0.444 e. The fourth-order valence-corrected chi connectivity index (χ4v) is 2.52. The van der Waals surface area contributed by atoms with Crippen LogP contribution < -0.4 is 14.8 Å². The molecule has 0 unspecified atom stereocenters. The molecule has 1 aliphatic heterocycles. The van der Waals surface area contributed by atoms with E-state index in [0.717, 1.165) is 5.56 Å².